The predicted molar refractivity (Wildman–Crippen MR) is 111 cm³/mol. The van der Waals surface area contributed by atoms with Gasteiger partial charge in [-0.3, -0.25) is 9.48 Å². The number of sulfonamides is 1. The number of aromatic nitrogens is 4. The Morgan fingerprint density at radius 2 is 1.97 bits per heavy atom. The third kappa shape index (κ3) is 3.98. The van der Waals surface area contributed by atoms with Gasteiger partial charge in [-0.2, -0.15) is 9.40 Å². The molecule has 0 amide bonds. The second kappa shape index (κ2) is 8.23. The van der Waals surface area contributed by atoms with E-state index in [2.05, 4.69) is 15.3 Å². The second-order valence-corrected chi connectivity index (χ2v) is 9.37. The highest BCUT2D eigenvalue weighted by Crippen LogP contribution is 2.34. The largest absolute Gasteiger partial charge is 0.481 e. The van der Waals surface area contributed by atoms with Crippen LogP contribution in [0.4, 0.5) is 0 Å². The van der Waals surface area contributed by atoms with E-state index in [-0.39, 0.29) is 35.8 Å². The second-order valence-electron chi connectivity index (χ2n) is 7.49. The molecule has 0 aliphatic carbocycles. The number of fused-ring (bicyclic) bond motifs is 1. The molecule has 3 heterocycles. The number of hydrogen-bond donors (Lipinski definition) is 1. The maximum Gasteiger partial charge on any atom is 0.309 e. The summed E-state index contributed by atoms with van der Waals surface area (Å²) in [6, 6.07) is 10.0. The lowest BCUT2D eigenvalue weighted by molar-refractivity contribution is -0.136. The van der Waals surface area contributed by atoms with Gasteiger partial charge in [-0.1, -0.05) is 25.1 Å². The monoisotopic (exact) mass is 445 g/mol. The van der Waals surface area contributed by atoms with Crippen molar-refractivity contribution in [3.8, 4) is 5.88 Å². The molecule has 1 aliphatic heterocycles. The molecule has 1 aromatic carbocycles. The normalized spacial score (nSPS) is 19.7. The minimum absolute atomic E-state index is 0.0357. The SMILES string of the molecule is CCOc1ccc(S(=O)(=O)N2C[C@@H](C)[C@@H](n3nc(CC(=O)O)c4ccccc43)C2)nn1. The van der Waals surface area contributed by atoms with Crippen LogP contribution in [0.25, 0.3) is 10.9 Å². The van der Waals surface area contributed by atoms with E-state index in [0.717, 1.165) is 10.9 Å². The van der Waals surface area contributed by atoms with Crippen molar-refractivity contribution in [3.05, 3.63) is 42.1 Å². The molecule has 1 aliphatic rings. The molecule has 1 fully saturated rings. The molecule has 2 atom stereocenters. The first-order chi connectivity index (χ1) is 14.8. The van der Waals surface area contributed by atoms with E-state index in [4.69, 9.17) is 4.74 Å². The molecule has 1 saturated heterocycles. The maximum absolute atomic E-state index is 13.1. The Bertz CT molecular complexity index is 1210. The van der Waals surface area contributed by atoms with Crippen LogP contribution in [0.15, 0.2) is 41.4 Å². The van der Waals surface area contributed by atoms with Crippen LogP contribution < -0.4 is 4.74 Å². The molecule has 10 nitrogen and oxygen atoms in total. The zero-order chi connectivity index (χ0) is 22.2. The highest BCUT2D eigenvalue weighted by molar-refractivity contribution is 7.89. The Kier molecular flexibility index (Phi) is 5.63. The molecule has 4 rings (SSSR count). The van der Waals surface area contributed by atoms with Crippen LogP contribution in [0.3, 0.4) is 0 Å². The lowest BCUT2D eigenvalue weighted by Crippen LogP contribution is -2.30. The van der Waals surface area contributed by atoms with Crippen LogP contribution in [0.1, 0.15) is 25.6 Å². The number of rotatable bonds is 7. The first kappa shape index (κ1) is 21.2. The Labute approximate surface area is 179 Å². The topological polar surface area (TPSA) is 128 Å². The molecule has 164 valence electrons. The van der Waals surface area contributed by atoms with Crippen molar-refractivity contribution < 1.29 is 23.1 Å². The quantitative estimate of drug-likeness (QED) is 0.582. The number of hydrogen-bond acceptors (Lipinski definition) is 7. The van der Waals surface area contributed by atoms with E-state index < -0.39 is 16.0 Å². The number of benzene rings is 1. The van der Waals surface area contributed by atoms with E-state index in [0.29, 0.717) is 18.8 Å². The standard InChI is InChI=1S/C20H23N5O5S/c1-3-30-18-8-9-19(22-21-18)31(28,29)24-11-13(2)17(12-24)25-16-7-5-4-6-14(16)15(23-25)10-20(26)27/h4-9,13,17H,3,10-12H2,1-2H3,(H,26,27)/t13-,17+/m1/s1. The Hall–Kier alpha value is -3.05. The zero-order valence-electron chi connectivity index (χ0n) is 17.2. The third-order valence-electron chi connectivity index (χ3n) is 5.37. The molecule has 0 unspecified atom stereocenters. The molecule has 3 aromatic rings. The summed E-state index contributed by atoms with van der Waals surface area (Å²) in [7, 11) is -3.84. The van der Waals surface area contributed by atoms with E-state index in [1.165, 1.54) is 16.4 Å². The first-order valence-electron chi connectivity index (χ1n) is 9.96. The number of aliphatic carboxylic acids is 1. The van der Waals surface area contributed by atoms with Gasteiger partial charge < -0.3 is 9.84 Å². The summed E-state index contributed by atoms with van der Waals surface area (Å²) in [4.78, 5) is 11.3. The van der Waals surface area contributed by atoms with Crippen LogP contribution >= 0.6 is 0 Å². The van der Waals surface area contributed by atoms with Crippen molar-refractivity contribution >= 4 is 26.9 Å². The van der Waals surface area contributed by atoms with Crippen LogP contribution in [-0.4, -0.2) is 63.5 Å². The number of nitrogens with zero attached hydrogens (tertiary/aromatic N) is 5. The van der Waals surface area contributed by atoms with Gasteiger partial charge in [0.2, 0.25) is 5.88 Å². The molecule has 1 N–H and O–H groups in total. The van der Waals surface area contributed by atoms with Crippen molar-refractivity contribution in [2.45, 2.75) is 31.3 Å². The van der Waals surface area contributed by atoms with Crippen molar-refractivity contribution in [1.82, 2.24) is 24.3 Å². The molecule has 0 saturated carbocycles. The molecule has 0 spiro atoms. The molecule has 0 radical (unpaired) electrons. The van der Waals surface area contributed by atoms with Gasteiger partial charge in [0.15, 0.2) is 5.03 Å². The zero-order valence-corrected chi connectivity index (χ0v) is 18.0. The van der Waals surface area contributed by atoms with Crippen LogP contribution in [0.5, 0.6) is 5.88 Å². The summed E-state index contributed by atoms with van der Waals surface area (Å²) in [6.45, 7) is 4.67. The summed E-state index contributed by atoms with van der Waals surface area (Å²) in [6.07, 6.45) is -0.196. The summed E-state index contributed by atoms with van der Waals surface area (Å²) in [5.74, 6) is -0.734. The maximum atomic E-state index is 13.1. The lowest BCUT2D eigenvalue weighted by atomic mass is 10.1. The van der Waals surface area contributed by atoms with Gasteiger partial charge in [0.25, 0.3) is 10.0 Å². The lowest BCUT2D eigenvalue weighted by Gasteiger charge is -2.17. The van der Waals surface area contributed by atoms with E-state index in [1.807, 2.05) is 31.2 Å². The van der Waals surface area contributed by atoms with Crippen LogP contribution in [-0.2, 0) is 21.2 Å². The van der Waals surface area contributed by atoms with Crippen LogP contribution in [0.2, 0.25) is 0 Å². The number of carboxylic acids is 1. The Balaban J connectivity index is 1.64. The predicted octanol–water partition coefficient (Wildman–Crippen LogP) is 1.73. The summed E-state index contributed by atoms with van der Waals surface area (Å²) < 4.78 is 34.6. The minimum Gasteiger partial charge on any atom is -0.481 e. The van der Waals surface area contributed by atoms with Crippen molar-refractivity contribution in [3.63, 3.8) is 0 Å². The fourth-order valence-corrected chi connectivity index (χ4v) is 5.33. The van der Waals surface area contributed by atoms with Gasteiger partial charge in [-0.15, -0.1) is 10.2 Å². The highest BCUT2D eigenvalue weighted by atomic mass is 32.2. The fourth-order valence-electron chi connectivity index (χ4n) is 3.91. The van der Waals surface area contributed by atoms with Gasteiger partial charge in [0.05, 0.1) is 30.3 Å². The molecule has 11 heteroatoms. The molecular formula is C20H23N5O5S. The number of carboxylic acid groups (broad SMARTS) is 1. The van der Waals surface area contributed by atoms with Gasteiger partial charge in [0, 0.05) is 24.5 Å². The number of carbonyl (C=O) groups is 1. The first-order valence-corrected chi connectivity index (χ1v) is 11.4. The summed E-state index contributed by atoms with van der Waals surface area (Å²) in [5, 5.41) is 22.1. The highest BCUT2D eigenvalue weighted by Gasteiger charge is 2.40. The van der Waals surface area contributed by atoms with E-state index in [1.54, 1.807) is 11.6 Å². The van der Waals surface area contributed by atoms with Gasteiger partial charge in [-0.05, 0) is 25.0 Å². The fraction of sp³-hybridized carbons (Fsp3) is 0.400. The minimum atomic E-state index is -3.84. The third-order valence-corrected chi connectivity index (χ3v) is 7.10. The van der Waals surface area contributed by atoms with Crippen molar-refractivity contribution in [2.75, 3.05) is 19.7 Å². The molecule has 31 heavy (non-hydrogen) atoms. The molecular weight excluding hydrogens is 422 g/mol. The summed E-state index contributed by atoms with van der Waals surface area (Å²) in [5.41, 5.74) is 1.25. The van der Waals surface area contributed by atoms with E-state index in [9.17, 15) is 18.3 Å². The van der Waals surface area contributed by atoms with Gasteiger partial charge in [0.1, 0.15) is 0 Å². The van der Waals surface area contributed by atoms with Crippen molar-refractivity contribution in [2.24, 2.45) is 5.92 Å². The summed E-state index contributed by atoms with van der Waals surface area (Å²) >= 11 is 0. The average Bonchev–Trinajstić information content (AvgIpc) is 3.29. The molecule has 2 aromatic heterocycles. The number of para-hydroxylation sites is 1. The Morgan fingerprint density at radius 3 is 2.65 bits per heavy atom. The average molecular weight is 446 g/mol. The van der Waals surface area contributed by atoms with Gasteiger partial charge >= 0.3 is 5.97 Å². The smallest absolute Gasteiger partial charge is 0.309 e. The van der Waals surface area contributed by atoms with Crippen molar-refractivity contribution in [1.29, 1.82) is 0 Å². The number of ether oxygens (including phenoxy) is 1. The van der Waals surface area contributed by atoms with E-state index >= 15 is 0 Å². The molecule has 0 bridgehead atoms. The van der Waals surface area contributed by atoms with Gasteiger partial charge in [-0.25, -0.2) is 8.42 Å². The van der Waals surface area contributed by atoms with Crippen LogP contribution in [0, 0.1) is 5.92 Å². The Morgan fingerprint density at radius 1 is 1.19 bits per heavy atom.